The summed E-state index contributed by atoms with van der Waals surface area (Å²) in [5.74, 6) is -2.99. The number of sulfone groups is 1. The first-order valence-corrected chi connectivity index (χ1v) is 12.6. The van der Waals surface area contributed by atoms with Crippen LogP contribution < -0.4 is 5.32 Å². The van der Waals surface area contributed by atoms with E-state index in [1.807, 2.05) is 0 Å². The lowest BCUT2D eigenvalue weighted by Crippen LogP contribution is -2.13. The number of aryl methyl sites for hydroxylation is 1. The number of carboxylic acid groups (broad SMARTS) is 1. The van der Waals surface area contributed by atoms with Gasteiger partial charge in [-0.1, -0.05) is 0 Å². The summed E-state index contributed by atoms with van der Waals surface area (Å²) < 4.78 is 105. The molecule has 2 heterocycles. The molecule has 14 heteroatoms. The van der Waals surface area contributed by atoms with Gasteiger partial charge in [-0.15, -0.1) is 0 Å². The monoisotopic (exact) mass is 572 g/mol. The largest absolute Gasteiger partial charge is 0.478 e. The lowest BCUT2D eigenvalue weighted by atomic mass is 10.0. The molecule has 7 nitrogen and oxygen atoms in total. The normalized spacial score (nSPS) is 15.0. The van der Waals surface area contributed by atoms with Crippen molar-refractivity contribution in [3.05, 3.63) is 81.2 Å². The van der Waals surface area contributed by atoms with E-state index in [1.165, 1.54) is 26.0 Å². The number of carbonyl (C=O) groups is 2. The molecule has 0 saturated heterocycles. The summed E-state index contributed by atoms with van der Waals surface area (Å²) in [6, 6.07) is 3.97. The lowest BCUT2D eigenvalue weighted by Gasteiger charge is -2.14. The number of carbonyl (C=O) groups excluding carboxylic acids is 1. The van der Waals surface area contributed by atoms with Gasteiger partial charge in [0.1, 0.15) is 0 Å². The average molecular weight is 572 g/mol. The molecule has 2 aromatic carbocycles. The number of amides is 1. The molecular formula is C25H18F6N2O5S. The summed E-state index contributed by atoms with van der Waals surface area (Å²) in [6.45, 7) is 3.03. The van der Waals surface area contributed by atoms with Crippen LogP contribution in [0.5, 0.6) is 0 Å². The molecule has 0 unspecified atom stereocenters. The van der Waals surface area contributed by atoms with Crippen molar-refractivity contribution in [3.8, 4) is 0 Å². The summed E-state index contributed by atoms with van der Waals surface area (Å²) in [5.41, 5.74) is -2.81. The number of carboxylic acids is 1. The van der Waals surface area contributed by atoms with Crippen molar-refractivity contribution in [3.63, 3.8) is 0 Å². The number of hydrogen-bond acceptors (Lipinski definition) is 4. The first kappa shape index (κ1) is 28.0. The third-order valence-electron chi connectivity index (χ3n) is 6.12. The summed E-state index contributed by atoms with van der Waals surface area (Å²) in [6.07, 6.45) is -8.96. The van der Waals surface area contributed by atoms with E-state index in [1.54, 1.807) is 0 Å². The van der Waals surface area contributed by atoms with Crippen molar-refractivity contribution in [1.82, 2.24) is 4.98 Å². The van der Waals surface area contributed by atoms with Crippen LogP contribution in [0, 0.1) is 13.8 Å². The Hall–Kier alpha value is -4.07. The van der Waals surface area contributed by atoms with Gasteiger partial charge < -0.3 is 15.4 Å². The number of alkyl halides is 6. The Balaban J connectivity index is 1.76. The fraction of sp³-hybridized carbons (Fsp3) is 0.200. The number of aromatic amines is 1. The van der Waals surface area contributed by atoms with Gasteiger partial charge in [0.05, 0.1) is 32.9 Å². The molecule has 0 fully saturated rings. The van der Waals surface area contributed by atoms with Crippen molar-refractivity contribution in [1.29, 1.82) is 0 Å². The van der Waals surface area contributed by atoms with Crippen LogP contribution in [0.15, 0.2) is 41.3 Å². The lowest BCUT2D eigenvalue weighted by molar-refractivity contribution is -0.143. The van der Waals surface area contributed by atoms with Crippen LogP contribution in [0.25, 0.3) is 11.6 Å². The first-order valence-electron chi connectivity index (χ1n) is 11.0. The molecule has 0 bridgehead atoms. The number of fused-ring (bicyclic) bond motifs is 1. The molecule has 0 spiro atoms. The molecule has 3 N–H and O–H groups in total. The molecule has 1 aromatic heterocycles. The van der Waals surface area contributed by atoms with E-state index in [4.69, 9.17) is 0 Å². The molecule has 3 aromatic rings. The number of aromatic nitrogens is 1. The summed E-state index contributed by atoms with van der Waals surface area (Å²) in [4.78, 5) is 26.5. The quantitative estimate of drug-likeness (QED) is 0.263. The number of aromatic carboxylic acids is 1. The van der Waals surface area contributed by atoms with Crippen LogP contribution in [-0.4, -0.2) is 30.4 Å². The Morgan fingerprint density at radius 1 is 0.974 bits per heavy atom. The summed E-state index contributed by atoms with van der Waals surface area (Å²) in [7, 11) is -4.48. The highest BCUT2D eigenvalue weighted by Crippen LogP contribution is 2.39. The molecule has 0 radical (unpaired) electrons. The van der Waals surface area contributed by atoms with Gasteiger partial charge in [-0.2, -0.15) is 26.3 Å². The highest BCUT2D eigenvalue weighted by Gasteiger charge is 2.37. The number of hydrogen-bond donors (Lipinski definition) is 3. The number of anilines is 1. The molecule has 0 saturated carbocycles. The molecular weight excluding hydrogens is 554 g/mol. The number of nitrogens with one attached hydrogen (secondary N) is 2. The topological polar surface area (TPSA) is 116 Å². The first-order chi connectivity index (χ1) is 17.9. The van der Waals surface area contributed by atoms with Gasteiger partial charge in [-0.3, -0.25) is 4.79 Å². The van der Waals surface area contributed by atoms with Crippen molar-refractivity contribution < 1.29 is 49.5 Å². The van der Waals surface area contributed by atoms with Gasteiger partial charge in [0.2, 0.25) is 0 Å². The van der Waals surface area contributed by atoms with E-state index in [0.29, 0.717) is 23.4 Å². The minimum atomic E-state index is -5.14. The van der Waals surface area contributed by atoms with Crippen molar-refractivity contribution >= 4 is 39.1 Å². The minimum Gasteiger partial charge on any atom is -0.478 e. The van der Waals surface area contributed by atoms with Gasteiger partial charge in [0.15, 0.2) is 9.84 Å². The number of H-pyrrole nitrogens is 1. The second kappa shape index (κ2) is 9.29. The Bertz CT molecular complexity index is 1630. The molecule has 39 heavy (non-hydrogen) atoms. The van der Waals surface area contributed by atoms with Crippen molar-refractivity contribution in [2.24, 2.45) is 0 Å². The Morgan fingerprint density at radius 3 is 2.08 bits per heavy atom. The standard InChI is InChI=1S/C25H18F6N2O5S/c1-11-20(32-12(2)21(11)23(35)36)9-18-17-8-16(3-4-19(17)33-22(18)34)39(37,38)10-13-5-14(24(26,27)28)7-15(6-13)25(29,30)31/h3-9,32H,10H2,1-2H3,(H,33,34)(H,35,36)/b18-9-. The third-order valence-corrected chi connectivity index (χ3v) is 7.80. The van der Waals surface area contributed by atoms with Crippen LogP contribution in [0.3, 0.4) is 0 Å². The van der Waals surface area contributed by atoms with Crippen molar-refractivity contribution in [2.75, 3.05) is 5.32 Å². The minimum absolute atomic E-state index is 0.00359. The molecule has 0 atom stereocenters. The molecule has 1 aliphatic heterocycles. The number of benzene rings is 2. The number of halogens is 6. The van der Waals surface area contributed by atoms with E-state index >= 15 is 0 Å². The Morgan fingerprint density at radius 2 is 1.56 bits per heavy atom. The smallest absolute Gasteiger partial charge is 0.416 e. The van der Waals surface area contributed by atoms with Crippen LogP contribution in [0.1, 0.15) is 49.6 Å². The van der Waals surface area contributed by atoms with Gasteiger partial charge in [0, 0.05) is 22.6 Å². The molecule has 1 aliphatic rings. The maximum atomic E-state index is 13.2. The maximum Gasteiger partial charge on any atom is 0.416 e. The SMILES string of the molecule is Cc1[nH]c(/C=C2\C(=O)Nc3ccc(S(=O)(=O)Cc4cc(C(F)(F)F)cc(C(F)(F)F)c4)cc32)c(C)c1C(=O)O. The van der Waals surface area contributed by atoms with Crippen LogP contribution in [0.4, 0.5) is 32.0 Å². The van der Waals surface area contributed by atoms with Gasteiger partial charge in [0.25, 0.3) is 5.91 Å². The van der Waals surface area contributed by atoms with E-state index in [9.17, 15) is 49.5 Å². The van der Waals surface area contributed by atoms with Crippen LogP contribution in [-0.2, 0) is 32.7 Å². The zero-order valence-corrected chi connectivity index (χ0v) is 20.8. The Kier molecular flexibility index (Phi) is 6.66. The molecule has 4 rings (SSSR count). The predicted octanol–water partition coefficient (Wildman–Crippen LogP) is 5.83. The average Bonchev–Trinajstić information content (AvgIpc) is 3.26. The fourth-order valence-electron chi connectivity index (χ4n) is 4.29. The van der Waals surface area contributed by atoms with Gasteiger partial charge in [-0.05, 0) is 67.4 Å². The predicted molar refractivity (Wildman–Crippen MR) is 128 cm³/mol. The summed E-state index contributed by atoms with van der Waals surface area (Å²) >= 11 is 0. The molecule has 1 amide bonds. The highest BCUT2D eigenvalue weighted by atomic mass is 32.2. The van der Waals surface area contributed by atoms with E-state index in [-0.39, 0.29) is 34.1 Å². The van der Waals surface area contributed by atoms with Crippen molar-refractivity contribution in [2.45, 2.75) is 36.8 Å². The van der Waals surface area contributed by atoms with Gasteiger partial charge >= 0.3 is 18.3 Å². The zero-order valence-electron chi connectivity index (χ0n) is 20.0. The third kappa shape index (κ3) is 5.41. The zero-order chi connectivity index (χ0) is 29.1. The second-order valence-electron chi connectivity index (χ2n) is 8.86. The van der Waals surface area contributed by atoms with Crippen LogP contribution >= 0.6 is 0 Å². The highest BCUT2D eigenvalue weighted by molar-refractivity contribution is 7.90. The van der Waals surface area contributed by atoms with Crippen LogP contribution in [0.2, 0.25) is 0 Å². The number of rotatable bonds is 5. The molecule has 206 valence electrons. The second-order valence-corrected chi connectivity index (χ2v) is 10.9. The van der Waals surface area contributed by atoms with Gasteiger partial charge in [-0.25, -0.2) is 13.2 Å². The molecule has 0 aliphatic carbocycles. The fourth-order valence-corrected chi connectivity index (χ4v) is 5.64. The maximum absolute atomic E-state index is 13.2. The Labute approximate surface area is 217 Å². The van der Waals surface area contributed by atoms with E-state index < -0.39 is 61.4 Å². The van der Waals surface area contributed by atoms with E-state index in [0.717, 1.165) is 12.1 Å². The summed E-state index contributed by atoms with van der Waals surface area (Å²) in [5, 5.41) is 11.9. The van der Waals surface area contributed by atoms with E-state index in [2.05, 4.69) is 10.3 Å².